The Hall–Kier alpha value is -1.94. The van der Waals surface area contributed by atoms with E-state index in [0.717, 1.165) is 18.1 Å². The number of benzene rings is 1. The fraction of sp³-hybridized carbons (Fsp3) is 0.231. The molecule has 0 aliphatic heterocycles. The molecule has 1 heterocycles. The molecule has 0 unspecified atom stereocenters. The highest BCUT2D eigenvalue weighted by Gasteiger charge is 2.04. The van der Waals surface area contributed by atoms with E-state index in [-0.39, 0.29) is 0 Å². The standard InChI is InChI=1S/C13H16N4/c1-17(13-15-6-3-7-16-13)10-12-5-2-4-11(8-12)9-14/h2-8H,9-10,14H2,1H3. The topological polar surface area (TPSA) is 55.0 Å². The summed E-state index contributed by atoms with van der Waals surface area (Å²) in [4.78, 5) is 10.4. The Kier molecular flexibility index (Phi) is 3.67. The van der Waals surface area contributed by atoms with Crippen molar-refractivity contribution in [3.8, 4) is 0 Å². The van der Waals surface area contributed by atoms with Crippen LogP contribution in [0.2, 0.25) is 0 Å². The van der Waals surface area contributed by atoms with E-state index in [0.29, 0.717) is 6.54 Å². The van der Waals surface area contributed by atoms with Crippen LogP contribution in [-0.2, 0) is 13.1 Å². The first-order valence-electron chi connectivity index (χ1n) is 5.55. The minimum absolute atomic E-state index is 0.569. The number of anilines is 1. The van der Waals surface area contributed by atoms with Crippen molar-refractivity contribution in [3.63, 3.8) is 0 Å². The third kappa shape index (κ3) is 3.01. The van der Waals surface area contributed by atoms with E-state index in [2.05, 4.69) is 22.1 Å². The van der Waals surface area contributed by atoms with Gasteiger partial charge in [-0.25, -0.2) is 9.97 Å². The lowest BCUT2D eigenvalue weighted by atomic mass is 10.1. The maximum absolute atomic E-state index is 5.62. The van der Waals surface area contributed by atoms with Crippen LogP contribution in [0.15, 0.2) is 42.7 Å². The van der Waals surface area contributed by atoms with Crippen molar-refractivity contribution in [1.29, 1.82) is 0 Å². The quantitative estimate of drug-likeness (QED) is 0.863. The first-order valence-corrected chi connectivity index (χ1v) is 5.55. The molecule has 2 N–H and O–H groups in total. The summed E-state index contributed by atoms with van der Waals surface area (Å²) in [6, 6.07) is 10.1. The molecular formula is C13H16N4. The number of hydrogen-bond donors (Lipinski definition) is 1. The van der Waals surface area contributed by atoms with E-state index in [4.69, 9.17) is 5.73 Å². The van der Waals surface area contributed by atoms with Gasteiger partial charge in [-0.1, -0.05) is 24.3 Å². The summed E-state index contributed by atoms with van der Waals surface area (Å²) in [7, 11) is 1.98. The Morgan fingerprint density at radius 1 is 1.12 bits per heavy atom. The van der Waals surface area contributed by atoms with Crippen LogP contribution >= 0.6 is 0 Å². The summed E-state index contributed by atoms with van der Waals surface area (Å²) in [5.74, 6) is 0.727. The van der Waals surface area contributed by atoms with Crippen LogP contribution in [0.25, 0.3) is 0 Å². The summed E-state index contributed by atoms with van der Waals surface area (Å²) in [5.41, 5.74) is 7.98. The van der Waals surface area contributed by atoms with Crippen molar-refractivity contribution in [2.75, 3.05) is 11.9 Å². The molecule has 4 heteroatoms. The van der Waals surface area contributed by atoms with E-state index in [1.165, 1.54) is 5.56 Å². The van der Waals surface area contributed by atoms with Gasteiger partial charge in [-0.3, -0.25) is 0 Å². The molecule has 1 aromatic carbocycles. The summed E-state index contributed by atoms with van der Waals surface area (Å²) in [6.45, 7) is 1.34. The Morgan fingerprint density at radius 2 is 1.82 bits per heavy atom. The number of nitrogens with zero attached hydrogens (tertiary/aromatic N) is 3. The minimum Gasteiger partial charge on any atom is -0.340 e. The van der Waals surface area contributed by atoms with Crippen LogP contribution < -0.4 is 10.6 Å². The molecule has 0 atom stereocenters. The van der Waals surface area contributed by atoms with Gasteiger partial charge in [0.05, 0.1) is 0 Å². The third-order valence-corrected chi connectivity index (χ3v) is 2.54. The van der Waals surface area contributed by atoms with Crippen LogP contribution in [-0.4, -0.2) is 17.0 Å². The van der Waals surface area contributed by atoms with Crippen LogP contribution in [0, 0.1) is 0 Å². The summed E-state index contributed by atoms with van der Waals surface area (Å²) in [5, 5.41) is 0. The Bertz CT molecular complexity index is 470. The zero-order valence-electron chi connectivity index (χ0n) is 9.87. The minimum atomic E-state index is 0.569. The highest BCUT2D eigenvalue weighted by molar-refractivity contribution is 5.31. The normalized spacial score (nSPS) is 10.2. The van der Waals surface area contributed by atoms with Gasteiger partial charge in [0.25, 0.3) is 0 Å². The van der Waals surface area contributed by atoms with Crippen molar-refractivity contribution in [1.82, 2.24) is 9.97 Å². The Balaban J connectivity index is 2.10. The van der Waals surface area contributed by atoms with Crippen molar-refractivity contribution < 1.29 is 0 Å². The zero-order valence-corrected chi connectivity index (χ0v) is 9.87. The number of hydrogen-bond acceptors (Lipinski definition) is 4. The fourth-order valence-corrected chi connectivity index (χ4v) is 1.69. The van der Waals surface area contributed by atoms with Crippen molar-refractivity contribution >= 4 is 5.95 Å². The predicted octanol–water partition coefficient (Wildman–Crippen LogP) is 1.57. The molecule has 0 spiro atoms. The SMILES string of the molecule is CN(Cc1cccc(CN)c1)c1ncccn1. The lowest BCUT2D eigenvalue weighted by Crippen LogP contribution is -2.18. The highest BCUT2D eigenvalue weighted by atomic mass is 15.2. The van der Waals surface area contributed by atoms with Gasteiger partial charge in [0, 0.05) is 32.5 Å². The predicted molar refractivity (Wildman–Crippen MR) is 68.5 cm³/mol. The first kappa shape index (κ1) is 11.5. The molecule has 0 bridgehead atoms. The van der Waals surface area contributed by atoms with Crippen LogP contribution in [0.3, 0.4) is 0 Å². The molecule has 0 radical (unpaired) electrons. The maximum atomic E-state index is 5.62. The van der Waals surface area contributed by atoms with Gasteiger partial charge in [-0.2, -0.15) is 0 Å². The molecule has 0 amide bonds. The lowest BCUT2D eigenvalue weighted by molar-refractivity contribution is 0.863. The second kappa shape index (κ2) is 5.41. The van der Waals surface area contributed by atoms with E-state index < -0.39 is 0 Å². The van der Waals surface area contributed by atoms with Gasteiger partial charge in [-0.05, 0) is 17.2 Å². The average molecular weight is 228 g/mol. The number of nitrogens with two attached hydrogens (primary N) is 1. The molecule has 0 aliphatic rings. The molecule has 0 saturated heterocycles. The van der Waals surface area contributed by atoms with Crippen molar-refractivity contribution in [2.45, 2.75) is 13.1 Å². The molecule has 0 aliphatic carbocycles. The molecule has 88 valence electrons. The molecule has 1 aromatic heterocycles. The number of rotatable bonds is 4. The molecule has 0 fully saturated rings. The third-order valence-electron chi connectivity index (χ3n) is 2.54. The monoisotopic (exact) mass is 228 g/mol. The summed E-state index contributed by atoms with van der Waals surface area (Å²) in [6.07, 6.45) is 3.49. The van der Waals surface area contributed by atoms with Crippen LogP contribution in [0.1, 0.15) is 11.1 Å². The second-order valence-corrected chi connectivity index (χ2v) is 3.93. The first-order chi connectivity index (χ1) is 8.29. The van der Waals surface area contributed by atoms with Gasteiger partial charge in [0.1, 0.15) is 0 Å². The van der Waals surface area contributed by atoms with Gasteiger partial charge < -0.3 is 10.6 Å². The van der Waals surface area contributed by atoms with E-state index in [9.17, 15) is 0 Å². The van der Waals surface area contributed by atoms with Gasteiger partial charge in [-0.15, -0.1) is 0 Å². The van der Waals surface area contributed by atoms with Gasteiger partial charge in [0.2, 0.25) is 5.95 Å². The van der Waals surface area contributed by atoms with Crippen LogP contribution in [0.5, 0.6) is 0 Å². The highest BCUT2D eigenvalue weighted by Crippen LogP contribution is 2.10. The molecule has 4 nitrogen and oxygen atoms in total. The molecule has 17 heavy (non-hydrogen) atoms. The molecule has 0 saturated carbocycles. The largest absolute Gasteiger partial charge is 0.340 e. The van der Waals surface area contributed by atoms with Crippen molar-refractivity contribution in [2.24, 2.45) is 5.73 Å². The molecule has 2 aromatic rings. The Labute approximate surface area is 101 Å². The maximum Gasteiger partial charge on any atom is 0.225 e. The lowest BCUT2D eigenvalue weighted by Gasteiger charge is -2.16. The zero-order chi connectivity index (χ0) is 12.1. The molecule has 2 rings (SSSR count). The second-order valence-electron chi connectivity index (χ2n) is 3.93. The summed E-state index contributed by atoms with van der Waals surface area (Å²) >= 11 is 0. The van der Waals surface area contributed by atoms with E-state index >= 15 is 0 Å². The number of aromatic nitrogens is 2. The van der Waals surface area contributed by atoms with Gasteiger partial charge >= 0.3 is 0 Å². The smallest absolute Gasteiger partial charge is 0.225 e. The Morgan fingerprint density at radius 3 is 2.53 bits per heavy atom. The fourth-order valence-electron chi connectivity index (χ4n) is 1.69. The average Bonchev–Trinajstić information content (AvgIpc) is 2.40. The van der Waals surface area contributed by atoms with E-state index in [1.807, 2.05) is 30.1 Å². The van der Waals surface area contributed by atoms with Crippen molar-refractivity contribution in [3.05, 3.63) is 53.9 Å². The molecular weight excluding hydrogens is 212 g/mol. The summed E-state index contributed by atoms with van der Waals surface area (Å²) < 4.78 is 0. The van der Waals surface area contributed by atoms with E-state index in [1.54, 1.807) is 12.4 Å². The van der Waals surface area contributed by atoms with Gasteiger partial charge in [0.15, 0.2) is 0 Å². The van der Waals surface area contributed by atoms with Crippen LogP contribution in [0.4, 0.5) is 5.95 Å².